The summed E-state index contributed by atoms with van der Waals surface area (Å²) in [4.78, 5) is 18.0. The van der Waals surface area contributed by atoms with Crippen molar-refractivity contribution in [1.29, 1.82) is 0 Å². The van der Waals surface area contributed by atoms with Crippen LogP contribution in [-0.2, 0) is 22.6 Å². The van der Waals surface area contributed by atoms with E-state index in [0.29, 0.717) is 35.9 Å². The Hall–Kier alpha value is -1.38. The van der Waals surface area contributed by atoms with E-state index in [4.69, 9.17) is 9.26 Å². The second-order valence-corrected chi connectivity index (χ2v) is 8.82. The summed E-state index contributed by atoms with van der Waals surface area (Å²) in [5.74, 6) is 1.60. The number of fused-ring (bicyclic) bond motifs is 1. The zero-order valence-electron chi connectivity index (χ0n) is 14.2. The van der Waals surface area contributed by atoms with Gasteiger partial charge in [0, 0.05) is 10.1 Å². The van der Waals surface area contributed by atoms with Crippen LogP contribution in [-0.4, -0.2) is 33.7 Å². The number of thiophene rings is 1. The Kier molecular flexibility index (Phi) is 5.10. The first-order valence-electron chi connectivity index (χ1n) is 8.65. The van der Waals surface area contributed by atoms with E-state index in [-0.39, 0.29) is 5.91 Å². The van der Waals surface area contributed by atoms with Crippen molar-refractivity contribution in [3.63, 3.8) is 0 Å². The lowest BCUT2D eigenvalue weighted by Crippen LogP contribution is -2.15. The highest BCUT2D eigenvalue weighted by atomic mass is 32.2. The van der Waals surface area contributed by atoms with E-state index in [1.165, 1.54) is 31.2 Å². The lowest BCUT2D eigenvalue weighted by molar-refractivity contribution is -0.113. The van der Waals surface area contributed by atoms with Gasteiger partial charge in [0.15, 0.2) is 5.82 Å². The van der Waals surface area contributed by atoms with Crippen LogP contribution < -0.4 is 5.32 Å². The molecule has 0 unspecified atom stereocenters. The fraction of sp³-hybridized carbons (Fsp3) is 0.588. The number of hydrogen-bond donors (Lipinski definition) is 1. The van der Waals surface area contributed by atoms with Gasteiger partial charge in [-0.05, 0) is 31.7 Å². The van der Waals surface area contributed by atoms with Crippen LogP contribution in [0.1, 0.15) is 41.9 Å². The molecule has 0 saturated heterocycles. The summed E-state index contributed by atoms with van der Waals surface area (Å²) in [6, 6.07) is 0. The summed E-state index contributed by atoms with van der Waals surface area (Å²) >= 11 is 3.33. The molecule has 1 saturated carbocycles. The molecular weight excluding hydrogens is 358 g/mol. The van der Waals surface area contributed by atoms with Crippen molar-refractivity contribution in [2.45, 2.75) is 50.9 Å². The molecule has 2 aliphatic rings. The molecule has 4 rings (SSSR count). The average molecular weight is 380 g/mol. The minimum absolute atomic E-state index is 0.0360. The molecule has 6 nitrogen and oxygen atoms in total. The van der Waals surface area contributed by atoms with E-state index < -0.39 is 0 Å². The number of nitrogens with one attached hydrogen (secondary N) is 1. The van der Waals surface area contributed by atoms with Crippen LogP contribution in [0.2, 0.25) is 0 Å². The molecule has 1 amide bonds. The quantitative estimate of drug-likeness (QED) is 0.852. The monoisotopic (exact) mass is 379 g/mol. The standard InChI is InChI=1S/C17H21N3O3S2/c1-10-18-16(23-20-10)15-12-6-7-22-8-13(12)25-17(15)19-14(21)9-24-11-4-2-3-5-11/h11H,2-9H2,1H3,(H,19,21). The summed E-state index contributed by atoms with van der Waals surface area (Å²) < 4.78 is 10.9. The maximum atomic E-state index is 12.4. The predicted octanol–water partition coefficient (Wildman–Crippen LogP) is 3.79. The van der Waals surface area contributed by atoms with Crippen LogP contribution in [0.4, 0.5) is 5.00 Å². The van der Waals surface area contributed by atoms with Gasteiger partial charge >= 0.3 is 0 Å². The molecule has 1 fully saturated rings. The highest BCUT2D eigenvalue weighted by Gasteiger charge is 2.27. The Labute approximate surface area is 154 Å². The van der Waals surface area contributed by atoms with Crippen molar-refractivity contribution >= 4 is 34.0 Å². The predicted molar refractivity (Wildman–Crippen MR) is 99.1 cm³/mol. The third-order valence-corrected chi connectivity index (χ3v) is 7.06. The van der Waals surface area contributed by atoms with Gasteiger partial charge in [-0.15, -0.1) is 23.1 Å². The van der Waals surface area contributed by atoms with Crippen LogP contribution in [0.3, 0.4) is 0 Å². The first kappa shape index (κ1) is 17.1. The van der Waals surface area contributed by atoms with Crippen molar-refractivity contribution in [1.82, 2.24) is 10.1 Å². The Morgan fingerprint density at radius 3 is 3.00 bits per heavy atom. The van der Waals surface area contributed by atoms with Gasteiger partial charge in [-0.25, -0.2) is 0 Å². The molecule has 1 N–H and O–H groups in total. The molecule has 2 aromatic rings. The van der Waals surface area contributed by atoms with Crippen LogP contribution in [0.5, 0.6) is 0 Å². The Morgan fingerprint density at radius 1 is 1.40 bits per heavy atom. The Morgan fingerprint density at radius 2 is 2.24 bits per heavy atom. The number of amides is 1. The van der Waals surface area contributed by atoms with Crippen LogP contribution in [0.25, 0.3) is 11.5 Å². The third-order valence-electron chi connectivity index (χ3n) is 4.57. The molecule has 25 heavy (non-hydrogen) atoms. The smallest absolute Gasteiger partial charge is 0.261 e. The number of aryl methyl sites for hydroxylation is 1. The maximum Gasteiger partial charge on any atom is 0.261 e. The molecule has 0 bridgehead atoms. The molecule has 8 heteroatoms. The molecule has 3 heterocycles. The van der Waals surface area contributed by atoms with Gasteiger partial charge in [0.1, 0.15) is 5.00 Å². The minimum Gasteiger partial charge on any atom is -0.376 e. The SMILES string of the molecule is Cc1noc(-c2c(NC(=O)CSC3CCCC3)sc3c2CCOC3)n1. The summed E-state index contributed by atoms with van der Waals surface area (Å²) in [6.07, 6.45) is 5.84. The number of ether oxygens (including phenoxy) is 1. The van der Waals surface area contributed by atoms with Crippen LogP contribution >= 0.6 is 23.1 Å². The maximum absolute atomic E-state index is 12.4. The van der Waals surface area contributed by atoms with Crippen molar-refractivity contribution in [3.05, 3.63) is 16.3 Å². The van der Waals surface area contributed by atoms with Gasteiger partial charge < -0.3 is 14.6 Å². The number of anilines is 1. The molecule has 0 aromatic carbocycles. The number of aromatic nitrogens is 2. The van der Waals surface area contributed by atoms with E-state index in [0.717, 1.165) is 21.9 Å². The van der Waals surface area contributed by atoms with Gasteiger partial charge in [0.25, 0.3) is 5.89 Å². The highest BCUT2D eigenvalue weighted by molar-refractivity contribution is 8.00. The summed E-state index contributed by atoms with van der Waals surface area (Å²) in [5, 5.41) is 8.41. The van der Waals surface area contributed by atoms with Crippen molar-refractivity contribution in [2.75, 3.05) is 17.7 Å². The van der Waals surface area contributed by atoms with Gasteiger partial charge in [-0.2, -0.15) is 4.98 Å². The van der Waals surface area contributed by atoms with E-state index in [1.54, 1.807) is 30.0 Å². The number of hydrogen-bond acceptors (Lipinski definition) is 7. The number of thioether (sulfide) groups is 1. The Balaban J connectivity index is 1.53. The van der Waals surface area contributed by atoms with Crippen LogP contribution in [0, 0.1) is 6.92 Å². The van der Waals surface area contributed by atoms with Gasteiger partial charge in [-0.3, -0.25) is 4.79 Å². The largest absolute Gasteiger partial charge is 0.376 e. The molecular formula is C17H21N3O3S2. The topological polar surface area (TPSA) is 77.2 Å². The fourth-order valence-electron chi connectivity index (χ4n) is 3.36. The molecule has 2 aromatic heterocycles. The Bertz CT molecular complexity index is 765. The van der Waals surface area contributed by atoms with Gasteiger partial charge in [0.05, 0.1) is 24.5 Å². The minimum atomic E-state index is 0.0360. The van der Waals surface area contributed by atoms with Crippen molar-refractivity contribution in [2.24, 2.45) is 0 Å². The van der Waals surface area contributed by atoms with E-state index in [9.17, 15) is 4.79 Å². The average Bonchev–Trinajstić information content (AvgIpc) is 3.32. The number of nitrogens with zero attached hydrogens (tertiary/aromatic N) is 2. The number of rotatable bonds is 5. The molecule has 134 valence electrons. The van der Waals surface area contributed by atoms with Crippen LogP contribution in [0.15, 0.2) is 4.52 Å². The second-order valence-electron chi connectivity index (χ2n) is 6.42. The molecule has 0 atom stereocenters. The van der Waals surface area contributed by atoms with Gasteiger partial charge in [0.2, 0.25) is 5.91 Å². The molecule has 0 radical (unpaired) electrons. The zero-order chi connectivity index (χ0) is 17.2. The summed E-state index contributed by atoms with van der Waals surface area (Å²) in [6.45, 7) is 3.05. The summed E-state index contributed by atoms with van der Waals surface area (Å²) in [7, 11) is 0. The molecule has 1 aliphatic heterocycles. The van der Waals surface area contributed by atoms with Crippen molar-refractivity contribution < 1.29 is 14.1 Å². The highest BCUT2D eigenvalue weighted by Crippen LogP contribution is 2.42. The fourth-order valence-corrected chi connectivity index (χ4v) is 5.68. The second kappa shape index (κ2) is 7.47. The lowest BCUT2D eigenvalue weighted by Gasteiger charge is -2.12. The first-order chi connectivity index (χ1) is 12.2. The lowest BCUT2D eigenvalue weighted by atomic mass is 10.1. The zero-order valence-corrected chi connectivity index (χ0v) is 15.8. The van der Waals surface area contributed by atoms with E-state index >= 15 is 0 Å². The molecule has 1 aliphatic carbocycles. The van der Waals surface area contributed by atoms with Gasteiger partial charge in [-0.1, -0.05) is 18.0 Å². The van der Waals surface area contributed by atoms with E-state index in [2.05, 4.69) is 15.5 Å². The third kappa shape index (κ3) is 3.75. The van der Waals surface area contributed by atoms with E-state index in [1.807, 2.05) is 0 Å². The number of carbonyl (C=O) groups excluding carboxylic acids is 1. The summed E-state index contributed by atoms with van der Waals surface area (Å²) in [5.41, 5.74) is 2.04. The normalized spacial score (nSPS) is 17.6. The number of carbonyl (C=O) groups is 1. The molecule has 0 spiro atoms. The first-order valence-corrected chi connectivity index (χ1v) is 10.5. The van der Waals surface area contributed by atoms with Crippen molar-refractivity contribution in [3.8, 4) is 11.5 Å².